The first-order chi connectivity index (χ1) is 37.2. The molecule has 14 rings (SSSR count). The van der Waals surface area contributed by atoms with Crippen LogP contribution in [0.2, 0.25) is 0 Å². The van der Waals surface area contributed by atoms with Crippen molar-refractivity contribution in [2.75, 3.05) is 4.90 Å². The summed E-state index contributed by atoms with van der Waals surface area (Å²) in [5.41, 5.74) is 24.0. The fourth-order valence-corrected chi connectivity index (χ4v) is 13.0. The van der Waals surface area contributed by atoms with Gasteiger partial charge in [0, 0.05) is 16.9 Å². The molecule has 75 heavy (non-hydrogen) atoms. The Bertz CT molecular complexity index is 3770. The molecular formula is C74H51N. The van der Waals surface area contributed by atoms with Crippen LogP contribution in [0.5, 0.6) is 0 Å². The molecule has 0 unspecified atom stereocenters. The van der Waals surface area contributed by atoms with Crippen molar-refractivity contribution in [2.24, 2.45) is 0 Å². The molecule has 1 heteroatoms. The first kappa shape index (κ1) is 44.2. The van der Waals surface area contributed by atoms with Crippen molar-refractivity contribution in [1.29, 1.82) is 0 Å². The van der Waals surface area contributed by atoms with Crippen molar-refractivity contribution in [3.63, 3.8) is 0 Å². The lowest BCUT2D eigenvalue weighted by atomic mass is 9.67. The van der Waals surface area contributed by atoms with Crippen LogP contribution in [0.1, 0.15) is 44.5 Å². The van der Waals surface area contributed by atoms with Gasteiger partial charge in [-0.15, -0.1) is 0 Å². The van der Waals surface area contributed by atoms with E-state index in [1.807, 2.05) is 0 Å². The molecule has 0 radical (unpaired) electrons. The van der Waals surface area contributed by atoms with Crippen LogP contribution in [0.25, 0.3) is 55.6 Å². The van der Waals surface area contributed by atoms with Crippen molar-refractivity contribution < 1.29 is 0 Å². The molecule has 0 heterocycles. The van der Waals surface area contributed by atoms with E-state index in [0.29, 0.717) is 0 Å². The van der Waals surface area contributed by atoms with Crippen LogP contribution in [0.3, 0.4) is 0 Å². The van der Waals surface area contributed by atoms with Gasteiger partial charge in [0.1, 0.15) is 0 Å². The van der Waals surface area contributed by atoms with Crippen LogP contribution in [0, 0.1) is 0 Å². The molecule has 0 bridgehead atoms. The maximum atomic E-state index is 2.57. The second-order valence-corrected chi connectivity index (χ2v) is 19.8. The van der Waals surface area contributed by atoms with Gasteiger partial charge in [0.05, 0.1) is 16.5 Å². The summed E-state index contributed by atoms with van der Waals surface area (Å²) in [7, 11) is 0. The maximum Gasteiger partial charge on any atom is 0.0714 e. The predicted molar refractivity (Wildman–Crippen MR) is 312 cm³/mol. The molecule has 0 amide bonds. The molecule has 2 aliphatic rings. The second-order valence-electron chi connectivity index (χ2n) is 19.8. The molecule has 352 valence electrons. The molecule has 0 saturated heterocycles. The summed E-state index contributed by atoms with van der Waals surface area (Å²) < 4.78 is 0. The van der Waals surface area contributed by atoms with Gasteiger partial charge in [-0.2, -0.15) is 0 Å². The molecule has 0 N–H and O–H groups in total. The van der Waals surface area contributed by atoms with Crippen molar-refractivity contribution in [3.8, 4) is 55.6 Å². The third kappa shape index (κ3) is 6.86. The first-order valence-corrected chi connectivity index (χ1v) is 26.1. The minimum absolute atomic E-state index is 0.597. The number of anilines is 3. The number of hydrogen-bond acceptors (Lipinski definition) is 1. The Labute approximate surface area is 440 Å². The van der Waals surface area contributed by atoms with Gasteiger partial charge in [0.2, 0.25) is 0 Å². The average molecular weight is 954 g/mol. The molecule has 12 aromatic carbocycles. The number of fused-ring (bicyclic) bond motifs is 6. The molecule has 0 saturated carbocycles. The smallest absolute Gasteiger partial charge is 0.0714 e. The van der Waals surface area contributed by atoms with Crippen LogP contribution in [0.15, 0.2) is 309 Å². The minimum Gasteiger partial charge on any atom is -0.310 e. The van der Waals surface area contributed by atoms with Crippen molar-refractivity contribution >= 4 is 17.1 Å². The van der Waals surface area contributed by atoms with E-state index in [1.54, 1.807) is 0 Å². The molecule has 0 atom stereocenters. The summed E-state index contributed by atoms with van der Waals surface area (Å²) >= 11 is 0. The van der Waals surface area contributed by atoms with Crippen LogP contribution >= 0.6 is 0 Å². The lowest BCUT2D eigenvalue weighted by Crippen LogP contribution is -2.29. The molecule has 0 fully saturated rings. The summed E-state index contributed by atoms with van der Waals surface area (Å²) in [4.78, 5) is 2.57. The van der Waals surface area contributed by atoms with Gasteiger partial charge < -0.3 is 4.90 Å². The van der Waals surface area contributed by atoms with Crippen LogP contribution in [-0.2, 0) is 10.8 Å². The Morgan fingerprint density at radius 2 is 0.533 bits per heavy atom. The zero-order valence-corrected chi connectivity index (χ0v) is 41.4. The fourth-order valence-electron chi connectivity index (χ4n) is 13.0. The Balaban J connectivity index is 1.11. The molecule has 0 aliphatic heterocycles. The van der Waals surface area contributed by atoms with E-state index in [2.05, 4.69) is 314 Å². The summed E-state index contributed by atoms with van der Waals surface area (Å²) in [5, 5.41) is 0. The highest BCUT2D eigenvalue weighted by Gasteiger charge is 2.48. The molecule has 1 nitrogen and oxygen atoms in total. The van der Waals surface area contributed by atoms with E-state index in [4.69, 9.17) is 0 Å². The predicted octanol–water partition coefficient (Wildman–Crippen LogP) is 18.9. The van der Waals surface area contributed by atoms with E-state index in [9.17, 15) is 0 Å². The largest absolute Gasteiger partial charge is 0.310 e. The Hall–Kier alpha value is -9.56. The maximum absolute atomic E-state index is 2.57. The van der Waals surface area contributed by atoms with Gasteiger partial charge in [0.25, 0.3) is 0 Å². The average Bonchev–Trinajstić information content (AvgIpc) is 4.03. The van der Waals surface area contributed by atoms with Crippen molar-refractivity contribution in [3.05, 3.63) is 354 Å². The normalized spacial score (nSPS) is 13.3. The first-order valence-electron chi connectivity index (χ1n) is 26.1. The molecule has 12 aromatic rings. The minimum atomic E-state index is -0.597. The molecular weight excluding hydrogens is 903 g/mol. The second kappa shape index (κ2) is 18.2. The van der Waals surface area contributed by atoms with Gasteiger partial charge in [-0.3, -0.25) is 0 Å². The van der Waals surface area contributed by atoms with Gasteiger partial charge >= 0.3 is 0 Å². The van der Waals surface area contributed by atoms with Gasteiger partial charge in [-0.05, 0) is 125 Å². The summed E-state index contributed by atoms with van der Waals surface area (Å²) in [6.07, 6.45) is 0. The third-order valence-corrected chi connectivity index (χ3v) is 16.0. The van der Waals surface area contributed by atoms with Crippen molar-refractivity contribution in [2.45, 2.75) is 10.8 Å². The SMILES string of the molecule is c1ccc(-c2ccccc2-c2c(-c3ccccc3)cccc2N(c2ccc3c(c2)C(c2ccccc2)(c2ccccc2)c2ccccc2-3)c2ccc3c(c2)C(c2ccccc2)(c2ccccc2)c2ccccc2-3)cc1. The highest BCUT2D eigenvalue weighted by Crippen LogP contribution is 2.60. The quantitative estimate of drug-likeness (QED) is 0.132. The van der Waals surface area contributed by atoms with E-state index in [1.165, 1.54) is 77.9 Å². The van der Waals surface area contributed by atoms with Gasteiger partial charge in [-0.25, -0.2) is 0 Å². The standard InChI is InChI=1S/C74H51N/c1-7-26-52(27-8-1)60-38-19-20-41-66(60)72-61(53-28-9-2-10-29-53)42-25-45-71(72)75(58-46-48-64-62-39-21-23-43-67(62)73(69(64)50-58,54-30-11-3-12-31-54)55-32-13-4-14-33-55)59-47-49-65-63-40-22-24-44-68(63)74(70(65)51-59,56-34-15-5-16-35-56)57-36-17-6-18-37-57/h1-51H. The fraction of sp³-hybridized carbons (Fsp3) is 0.0270. The molecule has 2 aliphatic carbocycles. The van der Waals surface area contributed by atoms with Crippen LogP contribution in [0.4, 0.5) is 17.1 Å². The number of hydrogen-bond donors (Lipinski definition) is 0. The monoisotopic (exact) mass is 953 g/mol. The lowest BCUT2D eigenvalue weighted by molar-refractivity contribution is 0.767. The summed E-state index contributed by atoms with van der Waals surface area (Å²) in [6.45, 7) is 0. The van der Waals surface area contributed by atoms with Gasteiger partial charge in [0.15, 0.2) is 0 Å². The number of nitrogens with zero attached hydrogens (tertiary/aromatic N) is 1. The van der Waals surface area contributed by atoms with Crippen LogP contribution < -0.4 is 4.90 Å². The highest BCUT2D eigenvalue weighted by molar-refractivity contribution is 6.02. The third-order valence-electron chi connectivity index (χ3n) is 16.0. The van der Waals surface area contributed by atoms with E-state index in [-0.39, 0.29) is 0 Å². The molecule has 0 aromatic heterocycles. The molecule has 0 spiro atoms. The van der Waals surface area contributed by atoms with Gasteiger partial charge in [-0.1, -0.05) is 279 Å². The number of benzene rings is 12. The van der Waals surface area contributed by atoms with Crippen molar-refractivity contribution in [1.82, 2.24) is 0 Å². The van der Waals surface area contributed by atoms with Crippen LogP contribution in [-0.4, -0.2) is 0 Å². The Kier molecular flexibility index (Phi) is 10.7. The summed E-state index contributed by atoms with van der Waals surface area (Å²) in [5.74, 6) is 0. The van der Waals surface area contributed by atoms with E-state index in [0.717, 1.165) is 39.3 Å². The zero-order valence-electron chi connectivity index (χ0n) is 41.4. The summed E-state index contributed by atoms with van der Waals surface area (Å²) in [6, 6.07) is 115. The Morgan fingerprint density at radius 3 is 0.960 bits per heavy atom. The topological polar surface area (TPSA) is 3.24 Å². The number of rotatable bonds is 10. The Morgan fingerprint density at radius 1 is 0.213 bits per heavy atom. The lowest BCUT2D eigenvalue weighted by Gasteiger charge is -2.36. The highest BCUT2D eigenvalue weighted by atomic mass is 15.1. The van der Waals surface area contributed by atoms with E-state index < -0.39 is 10.8 Å². The zero-order chi connectivity index (χ0) is 49.8. The van der Waals surface area contributed by atoms with E-state index >= 15 is 0 Å².